The van der Waals surface area contributed by atoms with Crippen LogP contribution in [-0.2, 0) is 4.79 Å². The van der Waals surface area contributed by atoms with Gasteiger partial charge in [-0.2, -0.15) is 10.2 Å². The minimum atomic E-state index is -0.867. The molecule has 1 aromatic heterocycles. The van der Waals surface area contributed by atoms with E-state index in [0.717, 1.165) is 16.6 Å². The lowest BCUT2D eigenvalue weighted by Crippen LogP contribution is -2.36. The average molecular weight is 231 g/mol. The van der Waals surface area contributed by atoms with Gasteiger partial charge in [-0.15, -0.1) is 0 Å². The van der Waals surface area contributed by atoms with Crippen molar-refractivity contribution >= 4 is 22.6 Å². The molecule has 0 amide bonds. The third-order valence-corrected chi connectivity index (χ3v) is 2.84. The first-order valence-electron chi connectivity index (χ1n) is 5.27. The fraction of sp³-hybridized carbons (Fsp3) is 0.250. The van der Waals surface area contributed by atoms with Crippen molar-refractivity contribution in [3.8, 4) is 0 Å². The van der Waals surface area contributed by atoms with E-state index >= 15 is 0 Å². The molecule has 1 N–H and O–H groups in total. The number of fused-ring (bicyclic) bond motifs is 1. The van der Waals surface area contributed by atoms with Gasteiger partial charge >= 0.3 is 5.97 Å². The Morgan fingerprint density at radius 3 is 2.82 bits per heavy atom. The second-order valence-corrected chi connectivity index (χ2v) is 3.87. The predicted octanol–water partition coefficient (Wildman–Crippen LogP) is 1.54. The topological polar surface area (TPSA) is 66.3 Å². The highest BCUT2D eigenvalue weighted by molar-refractivity contribution is 5.92. The molecule has 1 unspecified atom stereocenters. The lowest BCUT2D eigenvalue weighted by Gasteiger charge is -2.24. The molecule has 5 nitrogen and oxygen atoms in total. The van der Waals surface area contributed by atoms with Gasteiger partial charge in [0, 0.05) is 12.4 Å². The summed E-state index contributed by atoms with van der Waals surface area (Å²) in [4.78, 5) is 12.7. The Morgan fingerprint density at radius 2 is 2.12 bits per heavy atom. The first-order chi connectivity index (χ1) is 8.11. The molecule has 88 valence electrons. The minimum absolute atomic E-state index is 0.609. The molecule has 0 aliphatic carbocycles. The summed E-state index contributed by atoms with van der Waals surface area (Å²) in [6.45, 7) is 1.64. The lowest BCUT2D eigenvalue weighted by atomic mass is 10.2. The van der Waals surface area contributed by atoms with E-state index in [2.05, 4.69) is 10.2 Å². The number of carboxylic acid groups (broad SMARTS) is 1. The van der Waals surface area contributed by atoms with E-state index in [4.69, 9.17) is 5.11 Å². The van der Waals surface area contributed by atoms with E-state index in [1.807, 2.05) is 24.3 Å². The summed E-state index contributed by atoms with van der Waals surface area (Å²) < 4.78 is 0. The molecule has 2 rings (SSSR count). The second-order valence-electron chi connectivity index (χ2n) is 3.87. The number of rotatable bonds is 3. The minimum Gasteiger partial charge on any atom is -0.480 e. The van der Waals surface area contributed by atoms with Gasteiger partial charge in [0.05, 0.1) is 17.4 Å². The zero-order valence-electron chi connectivity index (χ0n) is 9.66. The van der Waals surface area contributed by atoms with Gasteiger partial charge in [-0.25, -0.2) is 4.79 Å². The van der Waals surface area contributed by atoms with Gasteiger partial charge in [-0.3, -0.25) is 0 Å². The Labute approximate surface area is 98.7 Å². The smallest absolute Gasteiger partial charge is 0.326 e. The highest BCUT2D eigenvalue weighted by atomic mass is 16.4. The molecule has 0 saturated heterocycles. The van der Waals surface area contributed by atoms with Crippen molar-refractivity contribution < 1.29 is 9.90 Å². The Hall–Kier alpha value is -2.17. The number of hydrogen-bond donors (Lipinski definition) is 1. The number of likely N-dealkylation sites (N-methyl/N-ethyl adjacent to an activating group) is 1. The summed E-state index contributed by atoms with van der Waals surface area (Å²) >= 11 is 0. The van der Waals surface area contributed by atoms with Crippen LogP contribution in [0.25, 0.3) is 10.9 Å². The first-order valence-corrected chi connectivity index (χ1v) is 5.27. The summed E-state index contributed by atoms with van der Waals surface area (Å²) in [7, 11) is 1.74. The first kappa shape index (κ1) is 11.3. The highest BCUT2D eigenvalue weighted by Crippen LogP contribution is 2.24. The van der Waals surface area contributed by atoms with Gasteiger partial charge in [-0.05, 0) is 13.0 Å². The maximum atomic E-state index is 11.0. The summed E-state index contributed by atoms with van der Waals surface area (Å²) in [5.74, 6) is -0.867. The van der Waals surface area contributed by atoms with Crippen LogP contribution in [0.3, 0.4) is 0 Å². The SMILES string of the molecule is CC(C(=O)O)N(C)c1cnnc2ccccc12. The zero-order chi connectivity index (χ0) is 12.4. The van der Waals surface area contributed by atoms with E-state index in [9.17, 15) is 4.79 Å². The highest BCUT2D eigenvalue weighted by Gasteiger charge is 2.19. The molecule has 0 radical (unpaired) electrons. The van der Waals surface area contributed by atoms with Crippen LogP contribution in [-0.4, -0.2) is 34.4 Å². The van der Waals surface area contributed by atoms with Crippen LogP contribution in [0.2, 0.25) is 0 Å². The molecule has 5 heteroatoms. The predicted molar refractivity (Wildman–Crippen MR) is 65.0 cm³/mol. The van der Waals surface area contributed by atoms with Crippen molar-refractivity contribution in [1.29, 1.82) is 0 Å². The van der Waals surface area contributed by atoms with Crippen LogP contribution in [0, 0.1) is 0 Å². The number of anilines is 1. The summed E-state index contributed by atoms with van der Waals surface area (Å²) in [6.07, 6.45) is 1.59. The quantitative estimate of drug-likeness (QED) is 0.867. The molecule has 0 spiro atoms. The number of aliphatic carboxylic acids is 1. The average Bonchev–Trinajstić information content (AvgIpc) is 2.36. The van der Waals surface area contributed by atoms with Crippen LogP contribution in [0.5, 0.6) is 0 Å². The molecular formula is C12H13N3O2. The lowest BCUT2D eigenvalue weighted by molar-refractivity contribution is -0.138. The number of benzene rings is 1. The van der Waals surface area contributed by atoms with E-state index in [0.29, 0.717) is 0 Å². The molecule has 2 aromatic rings. The molecule has 0 aliphatic rings. The van der Waals surface area contributed by atoms with Crippen molar-refractivity contribution in [1.82, 2.24) is 10.2 Å². The Balaban J connectivity index is 2.52. The largest absolute Gasteiger partial charge is 0.480 e. The van der Waals surface area contributed by atoms with E-state index in [1.165, 1.54) is 0 Å². The van der Waals surface area contributed by atoms with E-state index in [1.54, 1.807) is 25.1 Å². The van der Waals surface area contributed by atoms with Crippen molar-refractivity contribution in [2.24, 2.45) is 0 Å². The van der Waals surface area contributed by atoms with Gasteiger partial charge in [0.2, 0.25) is 0 Å². The third kappa shape index (κ3) is 2.04. The molecular weight excluding hydrogens is 218 g/mol. The molecule has 0 fully saturated rings. The molecule has 1 heterocycles. The van der Waals surface area contributed by atoms with Crippen molar-refractivity contribution in [3.05, 3.63) is 30.5 Å². The monoisotopic (exact) mass is 231 g/mol. The van der Waals surface area contributed by atoms with Gasteiger partial charge < -0.3 is 10.0 Å². The Bertz CT molecular complexity index is 551. The number of carbonyl (C=O) groups is 1. The van der Waals surface area contributed by atoms with Crippen LogP contribution >= 0.6 is 0 Å². The number of aromatic nitrogens is 2. The number of carboxylic acids is 1. The Morgan fingerprint density at radius 1 is 1.41 bits per heavy atom. The number of nitrogens with zero attached hydrogens (tertiary/aromatic N) is 3. The standard InChI is InChI=1S/C12H13N3O2/c1-8(12(16)17)15(2)11-7-13-14-10-6-4-3-5-9(10)11/h3-8H,1-2H3,(H,16,17). The third-order valence-electron chi connectivity index (χ3n) is 2.84. The molecule has 0 bridgehead atoms. The molecule has 1 aromatic carbocycles. The fourth-order valence-electron chi connectivity index (χ4n) is 1.65. The van der Waals surface area contributed by atoms with Crippen LogP contribution in [0.1, 0.15) is 6.92 Å². The maximum Gasteiger partial charge on any atom is 0.326 e. The maximum absolute atomic E-state index is 11.0. The van der Waals surface area contributed by atoms with Gasteiger partial charge in [0.15, 0.2) is 0 Å². The summed E-state index contributed by atoms with van der Waals surface area (Å²) in [5.41, 5.74) is 1.53. The zero-order valence-corrected chi connectivity index (χ0v) is 9.66. The van der Waals surface area contributed by atoms with Crippen molar-refractivity contribution in [3.63, 3.8) is 0 Å². The number of hydrogen-bond acceptors (Lipinski definition) is 4. The van der Waals surface area contributed by atoms with Crippen LogP contribution < -0.4 is 4.90 Å². The fourth-order valence-corrected chi connectivity index (χ4v) is 1.65. The van der Waals surface area contributed by atoms with Crippen molar-refractivity contribution in [2.45, 2.75) is 13.0 Å². The van der Waals surface area contributed by atoms with Crippen LogP contribution in [0.15, 0.2) is 30.5 Å². The molecule has 17 heavy (non-hydrogen) atoms. The van der Waals surface area contributed by atoms with Gasteiger partial charge in [-0.1, -0.05) is 18.2 Å². The Kier molecular flexibility index (Phi) is 2.91. The molecule has 1 atom stereocenters. The molecule has 0 aliphatic heterocycles. The van der Waals surface area contributed by atoms with Crippen molar-refractivity contribution in [2.75, 3.05) is 11.9 Å². The second kappa shape index (κ2) is 4.37. The van der Waals surface area contributed by atoms with E-state index < -0.39 is 12.0 Å². The summed E-state index contributed by atoms with van der Waals surface area (Å²) in [6, 6.07) is 6.92. The normalized spacial score (nSPS) is 12.4. The van der Waals surface area contributed by atoms with Crippen LogP contribution in [0.4, 0.5) is 5.69 Å². The molecule has 0 saturated carbocycles. The van der Waals surface area contributed by atoms with E-state index in [-0.39, 0.29) is 0 Å². The van der Waals surface area contributed by atoms with Gasteiger partial charge in [0.25, 0.3) is 0 Å². The van der Waals surface area contributed by atoms with Gasteiger partial charge in [0.1, 0.15) is 6.04 Å². The summed E-state index contributed by atoms with van der Waals surface area (Å²) in [5, 5.41) is 17.8.